The highest BCUT2D eigenvalue weighted by Gasteiger charge is 2.46. The van der Waals surface area contributed by atoms with E-state index in [1.807, 2.05) is 6.07 Å². The fourth-order valence-corrected chi connectivity index (χ4v) is 6.50. The third kappa shape index (κ3) is 4.75. The largest absolute Gasteiger partial charge is 0.416 e. The third-order valence-electron chi connectivity index (χ3n) is 8.34. The van der Waals surface area contributed by atoms with Gasteiger partial charge in [0.2, 0.25) is 5.91 Å². The number of alkyl halides is 3. The monoisotopic (exact) mass is 501 g/mol. The lowest BCUT2D eigenvalue weighted by atomic mass is 9.73. The first-order valence-electron chi connectivity index (χ1n) is 12.7. The molecule has 1 N–H and O–H groups in total. The molecule has 5 nitrogen and oxygen atoms in total. The minimum atomic E-state index is -4.46. The summed E-state index contributed by atoms with van der Waals surface area (Å²) in [5, 5.41) is 3.13. The minimum Gasteiger partial charge on any atom is -0.349 e. The van der Waals surface area contributed by atoms with E-state index in [2.05, 4.69) is 28.4 Å². The molecule has 3 aliphatic rings. The Hall–Kier alpha value is -2.87. The molecule has 5 rings (SSSR count). The first-order valence-corrected chi connectivity index (χ1v) is 12.7. The smallest absolute Gasteiger partial charge is 0.349 e. The van der Waals surface area contributed by atoms with Gasteiger partial charge in [-0.3, -0.25) is 9.59 Å². The summed E-state index contributed by atoms with van der Waals surface area (Å²) in [6, 6.07) is 13.6. The van der Waals surface area contributed by atoms with Crippen molar-refractivity contribution in [3.05, 3.63) is 70.8 Å². The molecule has 1 atom stereocenters. The molecule has 194 valence electrons. The van der Waals surface area contributed by atoms with Crippen LogP contribution in [0.5, 0.6) is 0 Å². The van der Waals surface area contributed by atoms with Crippen molar-refractivity contribution < 1.29 is 24.2 Å². The Bertz CT molecular complexity index is 1140. The van der Waals surface area contributed by atoms with Crippen LogP contribution >= 0.6 is 0 Å². The first kappa shape index (κ1) is 24.8. The third-order valence-corrected chi connectivity index (χ3v) is 8.34. The van der Waals surface area contributed by atoms with Crippen LogP contribution in [0.4, 0.5) is 13.2 Å². The summed E-state index contributed by atoms with van der Waals surface area (Å²) >= 11 is 0. The quantitative estimate of drug-likeness (QED) is 0.631. The van der Waals surface area contributed by atoms with Gasteiger partial charge in [-0.1, -0.05) is 30.3 Å². The summed E-state index contributed by atoms with van der Waals surface area (Å²) in [6.07, 6.45) is 0.180. The van der Waals surface area contributed by atoms with Crippen LogP contribution in [0.1, 0.15) is 73.5 Å². The van der Waals surface area contributed by atoms with Gasteiger partial charge in [-0.25, -0.2) is 0 Å². The fraction of sp³-hybridized carbons (Fsp3) is 0.500. The number of likely N-dealkylation sites (tertiary alicyclic amines) is 2. The van der Waals surface area contributed by atoms with Crippen LogP contribution in [-0.4, -0.2) is 53.8 Å². The first-order chi connectivity index (χ1) is 17.2. The number of piperidine rings is 2. The van der Waals surface area contributed by atoms with E-state index >= 15 is 0 Å². The molecule has 2 aromatic rings. The molecule has 0 aromatic heterocycles. The van der Waals surface area contributed by atoms with Gasteiger partial charge in [0.05, 0.1) is 11.6 Å². The predicted molar refractivity (Wildman–Crippen MR) is 133 cm³/mol. The van der Waals surface area contributed by atoms with E-state index in [1.54, 1.807) is 11.8 Å². The van der Waals surface area contributed by atoms with Crippen molar-refractivity contribution in [2.45, 2.75) is 62.7 Å². The average Bonchev–Trinajstić information content (AvgIpc) is 3.16. The van der Waals surface area contributed by atoms with Crippen LogP contribution in [0.3, 0.4) is 0 Å². The fourth-order valence-electron chi connectivity index (χ4n) is 6.50. The maximum Gasteiger partial charge on any atom is 0.416 e. The van der Waals surface area contributed by atoms with Crippen molar-refractivity contribution in [1.82, 2.24) is 15.1 Å². The van der Waals surface area contributed by atoms with Crippen molar-refractivity contribution in [2.24, 2.45) is 0 Å². The van der Waals surface area contributed by atoms with Gasteiger partial charge in [0, 0.05) is 38.5 Å². The number of fused-ring (bicyclic) bond motifs is 2. The van der Waals surface area contributed by atoms with E-state index in [0.29, 0.717) is 19.1 Å². The molecule has 0 bridgehead atoms. The molecule has 2 aliphatic heterocycles. The summed E-state index contributed by atoms with van der Waals surface area (Å²) in [7, 11) is 0. The Labute approximate surface area is 211 Å². The van der Waals surface area contributed by atoms with E-state index in [4.69, 9.17) is 0 Å². The molecule has 2 aromatic carbocycles. The molecule has 36 heavy (non-hydrogen) atoms. The van der Waals surface area contributed by atoms with Crippen LogP contribution in [0, 0.1) is 0 Å². The lowest BCUT2D eigenvalue weighted by Crippen LogP contribution is -2.51. The van der Waals surface area contributed by atoms with E-state index in [-0.39, 0.29) is 30.3 Å². The Morgan fingerprint density at radius 3 is 2.36 bits per heavy atom. The van der Waals surface area contributed by atoms with E-state index in [0.717, 1.165) is 57.3 Å². The summed E-state index contributed by atoms with van der Waals surface area (Å²) in [6.45, 7) is 4.60. The summed E-state index contributed by atoms with van der Waals surface area (Å²) in [4.78, 5) is 28.8. The van der Waals surface area contributed by atoms with E-state index in [9.17, 15) is 22.8 Å². The van der Waals surface area contributed by atoms with Gasteiger partial charge in [-0.15, -0.1) is 0 Å². The van der Waals surface area contributed by atoms with Gasteiger partial charge >= 0.3 is 6.18 Å². The number of nitrogens with zero attached hydrogens (tertiary/aromatic N) is 2. The van der Waals surface area contributed by atoms with Gasteiger partial charge < -0.3 is 15.1 Å². The Balaban J connectivity index is 0.00000320. The zero-order valence-electron chi connectivity index (χ0n) is 20.5. The van der Waals surface area contributed by atoms with Crippen LogP contribution < -0.4 is 5.32 Å². The Morgan fingerprint density at radius 2 is 1.69 bits per heavy atom. The summed E-state index contributed by atoms with van der Waals surface area (Å²) in [5.74, 6) is -0.334. The predicted octanol–water partition coefficient (Wildman–Crippen LogP) is 5.17. The van der Waals surface area contributed by atoms with E-state index < -0.39 is 11.7 Å². The summed E-state index contributed by atoms with van der Waals surface area (Å²) in [5.41, 5.74) is 1.99. The number of carbonyl (C=O) groups excluding carboxylic acids is 2. The zero-order chi connectivity index (χ0) is 25.5. The van der Waals surface area contributed by atoms with E-state index in [1.165, 1.54) is 23.3 Å². The normalized spacial score (nSPS) is 22.4. The Morgan fingerprint density at radius 1 is 1.00 bits per heavy atom. The minimum absolute atomic E-state index is 0. The molecule has 1 aliphatic carbocycles. The SMILES string of the molecule is CC(=O)N[C@H]1CC2(CCN(C3CCN(C(=O)c4cccc(C(F)(F)F)c4)CC3)CC2)c2ccccc21.[HH]. The number of benzene rings is 2. The highest BCUT2D eigenvalue weighted by molar-refractivity contribution is 5.94. The molecular weight excluding hydrogens is 467 g/mol. The lowest BCUT2D eigenvalue weighted by Gasteiger charge is -2.45. The number of nitrogens with one attached hydrogen (secondary N) is 1. The van der Waals surface area contributed by atoms with Gasteiger partial charge in [0.1, 0.15) is 0 Å². The van der Waals surface area contributed by atoms with Crippen molar-refractivity contribution in [3.63, 3.8) is 0 Å². The van der Waals surface area contributed by atoms with Crippen LogP contribution in [0.15, 0.2) is 48.5 Å². The lowest BCUT2D eigenvalue weighted by molar-refractivity contribution is -0.137. The van der Waals surface area contributed by atoms with Gasteiger partial charge in [-0.2, -0.15) is 13.2 Å². The molecule has 0 unspecified atom stereocenters. The highest BCUT2D eigenvalue weighted by Crippen LogP contribution is 2.51. The second-order valence-electron chi connectivity index (χ2n) is 10.5. The standard InChI is InChI=1S/C28H32F3N3O2.H2/c1-19(35)32-25-18-27(24-8-3-2-7-23(24)25)11-15-33(16-12-27)22-9-13-34(14-10-22)26(36)20-5-4-6-21(17-20)28(29,30)31;/h2-8,17,22,25H,9-16,18H2,1H3,(H,32,35);1H/t25-;/m0./s1. The second kappa shape index (κ2) is 9.54. The molecule has 8 heteroatoms. The van der Waals surface area contributed by atoms with Crippen molar-refractivity contribution in [2.75, 3.05) is 26.2 Å². The molecule has 1 spiro atoms. The molecule has 2 heterocycles. The van der Waals surface area contributed by atoms with Crippen molar-refractivity contribution in [1.29, 1.82) is 0 Å². The topological polar surface area (TPSA) is 52.7 Å². The number of hydrogen-bond donors (Lipinski definition) is 1. The zero-order valence-corrected chi connectivity index (χ0v) is 20.5. The van der Waals surface area contributed by atoms with Crippen LogP contribution in [-0.2, 0) is 16.4 Å². The Kier molecular flexibility index (Phi) is 6.57. The number of hydrogen-bond acceptors (Lipinski definition) is 3. The maximum absolute atomic E-state index is 13.1. The van der Waals surface area contributed by atoms with Gasteiger partial charge in [-0.05, 0) is 74.5 Å². The number of halogens is 3. The molecule has 0 saturated carbocycles. The molecule has 2 saturated heterocycles. The van der Waals surface area contributed by atoms with Gasteiger partial charge in [0.25, 0.3) is 5.91 Å². The number of amides is 2. The van der Waals surface area contributed by atoms with Crippen LogP contribution in [0.25, 0.3) is 0 Å². The number of rotatable bonds is 3. The molecule has 2 amide bonds. The number of carbonyl (C=O) groups is 2. The van der Waals surface area contributed by atoms with Crippen molar-refractivity contribution in [3.8, 4) is 0 Å². The second-order valence-corrected chi connectivity index (χ2v) is 10.5. The summed E-state index contributed by atoms with van der Waals surface area (Å²) < 4.78 is 39.2. The highest BCUT2D eigenvalue weighted by atomic mass is 19.4. The molecular formula is C28H34F3N3O2. The average molecular weight is 502 g/mol. The van der Waals surface area contributed by atoms with Crippen LogP contribution in [0.2, 0.25) is 0 Å². The van der Waals surface area contributed by atoms with Gasteiger partial charge in [0.15, 0.2) is 0 Å². The molecule has 0 radical (unpaired) electrons. The van der Waals surface area contributed by atoms with Crippen molar-refractivity contribution >= 4 is 11.8 Å². The maximum atomic E-state index is 13.1. The molecule has 2 fully saturated rings.